The van der Waals surface area contributed by atoms with Gasteiger partial charge < -0.3 is 9.80 Å². The molecule has 0 atom stereocenters. The van der Waals surface area contributed by atoms with Crippen molar-refractivity contribution in [3.8, 4) is 0 Å². The zero-order valence-corrected chi connectivity index (χ0v) is 17.6. The van der Waals surface area contributed by atoms with Crippen LogP contribution < -0.4 is 4.90 Å². The van der Waals surface area contributed by atoms with Crippen molar-refractivity contribution in [1.82, 2.24) is 9.80 Å². The molecular formula is C19H23ClN3O2S2+. The number of halogens is 1. The summed E-state index contributed by atoms with van der Waals surface area (Å²) >= 11 is 12.6. The van der Waals surface area contributed by atoms with Crippen LogP contribution in [-0.4, -0.2) is 65.7 Å². The normalized spacial score (nSPS) is 20.0. The Morgan fingerprint density at radius 1 is 1.30 bits per heavy atom. The Balaban J connectivity index is 1.52. The van der Waals surface area contributed by atoms with Crippen LogP contribution in [0, 0.1) is 0 Å². The van der Waals surface area contributed by atoms with Crippen molar-refractivity contribution in [3.05, 3.63) is 39.8 Å². The van der Waals surface area contributed by atoms with E-state index in [1.165, 1.54) is 16.7 Å². The molecule has 0 spiro atoms. The number of carbonyl (C=O) groups excluding carboxylic acids is 2. The zero-order valence-electron chi connectivity index (χ0n) is 15.2. The molecule has 27 heavy (non-hydrogen) atoms. The van der Waals surface area contributed by atoms with Gasteiger partial charge in [-0.1, -0.05) is 47.7 Å². The molecule has 0 radical (unpaired) electrons. The summed E-state index contributed by atoms with van der Waals surface area (Å²) in [7, 11) is 2.15. The fourth-order valence-electron chi connectivity index (χ4n) is 3.09. The summed E-state index contributed by atoms with van der Waals surface area (Å²) in [5.74, 6) is 0.0836. The average Bonchev–Trinajstić information content (AvgIpc) is 2.91. The average molecular weight is 425 g/mol. The second-order valence-electron chi connectivity index (χ2n) is 6.83. The van der Waals surface area contributed by atoms with Crippen LogP contribution in [-0.2, 0) is 9.59 Å². The summed E-state index contributed by atoms with van der Waals surface area (Å²) in [5, 5.41) is 0.658. The molecule has 5 nitrogen and oxygen atoms in total. The van der Waals surface area contributed by atoms with E-state index >= 15 is 0 Å². The third-order valence-corrected chi connectivity index (χ3v) is 6.41. The summed E-state index contributed by atoms with van der Waals surface area (Å²) in [4.78, 5) is 30.6. The Labute approximate surface area is 174 Å². The molecule has 2 fully saturated rings. The number of piperazine rings is 1. The molecule has 144 valence electrons. The van der Waals surface area contributed by atoms with Gasteiger partial charge in [0.05, 0.1) is 38.1 Å². The number of nitrogens with zero attached hydrogens (tertiary/aromatic N) is 2. The second-order valence-corrected chi connectivity index (χ2v) is 8.94. The predicted octanol–water partition coefficient (Wildman–Crippen LogP) is 1.68. The number of amides is 2. The van der Waals surface area contributed by atoms with Gasteiger partial charge in [0.25, 0.3) is 5.91 Å². The quantitative estimate of drug-likeness (QED) is 0.577. The smallest absolute Gasteiger partial charge is 0.266 e. The minimum atomic E-state index is -0.0874. The van der Waals surface area contributed by atoms with Gasteiger partial charge >= 0.3 is 0 Å². The molecular weight excluding hydrogens is 402 g/mol. The van der Waals surface area contributed by atoms with Crippen LogP contribution in [0.1, 0.15) is 18.4 Å². The van der Waals surface area contributed by atoms with Crippen LogP contribution in [0.4, 0.5) is 0 Å². The lowest BCUT2D eigenvalue weighted by Crippen LogP contribution is -3.12. The first-order valence-corrected chi connectivity index (χ1v) is 10.6. The van der Waals surface area contributed by atoms with E-state index in [1.807, 2.05) is 23.1 Å². The first kappa shape index (κ1) is 20.3. The molecule has 3 rings (SSSR count). The lowest BCUT2D eigenvalue weighted by molar-refractivity contribution is -0.883. The molecule has 1 N–H and O–H groups in total. The number of hydrogen-bond acceptors (Lipinski definition) is 4. The van der Waals surface area contributed by atoms with Crippen LogP contribution in [0.5, 0.6) is 0 Å². The topological polar surface area (TPSA) is 45.1 Å². The largest absolute Gasteiger partial charge is 0.334 e. The van der Waals surface area contributed by atoms with Gasteiger partial charge in [-0.3, -0.25) is 14.5 Å². The third kappa shape index (κ3) is 5.31. The highest BCUT2D eigenvalue weighted by molar-refractivity contribution is 8.26. The van der Waals surface area contributed by atoms with Gasteiger partial charge in [-0.05, 0) is 30.2 Å². The maximum absolute atomic E-state index is 12.6. The van der Waals surface area contributed by atoms with E-state index < -0.39 is 0 Å². The van der Waals surface area contributed by atoms with Crippen molar-refractivity contribution < 1.29 is 14.5 Å². The fraction of sp³-hybridized carbons (Fsp3) is 0.421. The molecule has 1 aromatic carbocycles. The molecule has 2 saturated heterocycles. The van der Waals surface area contributed by atoms with Crippen LogP contribution in [0.3, 0.4) is 0 Å². The van der Waals surface area contributed by atoms with Gasteiger partial charge in [0.1, 0.15) is 4.32 Å². The van der Waals surface area contributed by atoms with Gasteiger partial charge in [0, 0.05) is 18.0 Å². The van der Waals surface area contributed by atoms with Crippen molar-refractivity contribution in [3.63, 3.8) is 0 Å². The number of quaternary nitrogens is 1. The van der Waals surface area contributed by atoms with E-state index in [9.17, 15) is 9.59 Å². The maximum atomic E-state index is 12.6. The minimum absolute atomic E-state index is 0.0874. The van der Waals surface area contributed by atoms with Crippen molar-refractivity contribution in [2.75, 3.05) is 39.8 Å². The molecule has 1 aromatic rings. The summed E-state index contributed by atoms with van der Waals surface area (Å²) in [6.45, 7) is 4.10. The lowest BCUT2D eigenvalue weighted by atomic mass is 10.2. The molecule has 0 bridgehead atoms. The highest BCUT2D eigenvalue weighted by Gasteiger charge is 2.32. The number of nitrogens with one attached hydrogen (secondary N) is 1. The molecule has 0 saturated carbocycles. The third-order valence-electron chi connectivity index (χ3n) is 4.78. The molecule has 0 aromatic heterocycles. The Hall–Kier alpha value is -1.41. The Bertz CT molecular complexity index is 759. The van der Waals surface area contributed by atoms with E-state index in [-0.39, 0.29) is 11.8 Å². The highest BCUT2D eigenvalue weighted by atomic mass is 35.5. The fourth-order valence-corrected chi connectivity index (χ4v) is 4.52. The summed E-state index contributed by atoms with van der Waals surface area (Å²) < 4.78 is 0.552. The van der Waals surface area contributed by atoms with Crippen molar-refractivity contribution in [1.29, 1.82) is 0 Å². The Kier molecular flexibility index (Phi) is 6.92. The van der Waals surface area contributed by atoms with Crippen molar-refractivity contribution in [2.24, 2.45) is 0 Å². The van der Waals surface area contributed by atoms with Gasteiger partial charge in [-0.15, -0.1) is 0 Å². The molecule has 8 heteroatoms. The number of thiocarbonyl (C=S) groups is 1. The second kappa shape index (κ2) is 9.19. The van der Waals surface area contributed by atoms with Crippen LogP contribution in [0.15, 0.2) is 29.2 Å². The Morgan fingerprint density at radius 2 is 1.96 bits per heavy atom. The number of rotatable bonds is 5. The number of benzene rings is 1. The molecule has 2 heterocycles. The minimum Gasteiger partial charge on any atom is -0.334 e. The molecule has 2 aliphatic heterocycles. The van der Waals surface area contributed by atoms with E-state index in [0.29, 0.717) is 33.6 Å². The molecule has 2 aliphatic rings. The Morgan fingerprint density at radius 3 is 2.63 bits per heavy atom. The van der Waals surface area contributed by atoms with E-state index in [4.69, 9.17) is 23.8 Å². The first-order valence-electron chi connectivity index (χ1n) is 9.04. The van der Waals surface area contributed by atoms with Crippen molar-refractivity contribution in [2.45, 2.75) is 12.8 Å². The van der Waals surface area contributed by atoms with Gasteiger partial charge in [0.15, 0.2) is 0 Å². The van der Waals surface area contributed by atoms with Gasteiger partial charge in [0.2, 0.25) is 5.91 Å². The van der Waals surface area contributed by atoms with Crippen LogP contribution >= 0.6 is 35.6 Å². The molecule has 0 unspecified atom stereocenters. The zero-order chi connectivity index (χ0) is 19.4. The number of likely N-dealkylation sites (N-methyl/N-ethyl adjacent to an activating group) is 1. The van der Waals surface area contributed by atoms with Gasteiger partial charge in [-0.25, -0.2) is 0 Å². The standard InChI is InChI=1S/C19H22ClN3O2S2/c1-21-9-11-22(12-10-21)17(24)3-2-8-23-18(25)16(27-19(23)26)13-14-4-6-15(20)7-5-14/h4-7,13H,2-3,8-12H2,1H3/p+1/b16-13+. The summed E-state index contributed by atoms with van der Waals surface area (Å²) in [6, 6.07) is 7.32. The first-order chi connectivity index (χ1) is 12.9. The molecule has 2 amide bonds. The summed E-state index contributed by atoms with van der Waals surface area (Å²) in [5.41, 5.74) is 0.910. The van der Waals surface area contributed by atoms with E-state index in [0.717, 1.165) is 31.7 Å². The monoisotopic (exact) mass is 424 g/mol. The van der Waals surface area contributed by atoms with Crippen molar-refractivity contribution >= 4 is 57.8 Å². The number of thioether (sulfide) groups is 1. The number of carbonyl (C=O) groups is 2. The van der Waals surface area contributed by atoms with E-state index in [1.54, 1.807) is 17.0 Å². The SMILES string of the molecule is C[NH+]1CCN(C(=O)CCCN2C(=O)/C(=C\c3ccc(Cl)cc3)SC2=S)CC1. The maximum Gasteiger partial charge on any atom is 0.266 e. The van der Waals surface area contributed by atoms with Crippen LogP contribution in [0.25, 0.3) is 6.08 Å². The summed E-state index contributed by atoms with van der Waals surface area (Å²) in [6.07, 6.45) is 2.90. The molecule has 0 aliphatic carbocycles. The lowest BCUT2D eigenvalue weighted by Gasteiger charge is -2.30. The van der Waals surface area contributed by atoms with Crippen LogP contribution in [0.2, 0.25) is 5.02 Å². The van der Waals surface area contributed by atoms with Gasteiger partial charge in [-0.2, -0.15) is 0 Å². The predicted molar refractivity (Wildman–Crippen MR) is 114 cm³/mol. The van der Waals surface area contributed by atoms with E-state index in [2.05, 4.69) is 7.05 Å². The number of hydrogen-bond donors (Lipinski definition) is 1. The highest BCUT2D eigenvalue weighted by Crippen LogP contribution is 2.32.